The van der Waals surface area contributed by atoms with Crippen LogP contribution in [0.5, 0.6) is 0 Å². The lowest BCUT2D eigenvalue weighted by Crippen LogP contribution is -1.94. The number of nitrogens with zero attached hydrogens (tertiary/aromatic N) is 2. The topological polar surface area (TPSA) is 64.7 Å². The second-order valence-corrected chi connectivity index (χ2v) is 6.43. The highest BCUT2D eigenvalue weighted by molar-refractivity contribution is 14.1. The molecule has 1 aromatic heterocycles. The highest BCUT2D eigenvalue weighted by Crippen LogP contribution is 2.46. The molecule has 0 spiro atoms. The first-order valence-corrected chi connectivity index (χ1v) is 7.90. The Morgan fingerprint density at radius 1 is 1.39 bits per heavy atom. The number of thiophene rings is 1. The molecule has 1 aliphatic carbocycles. The van der Waals surface area contributed by atoms with E-state index in [1.807, 2.05) is 41.7 Å². The summed E-state index contributed by atoms with van der Waals surface area (Å²) in [6.45, 7) is 1.93. The van der Waals surface area contributed by atoms with Gasteiger partial charge in [-0.1, -0.05) is 22.6 Å². The molecule has 0 saturated carbocycles. The molecule has 3 nitrogen and oxygen atoms in total. The fourth-order valence-electron chi connectivity index (χ4n) is 1.78. The van der Waals surface area contributed by atoms with E-state index in [0.29, 0.717) is 16.0 Å². The van der Waals surface area contributed by atoms with Gasteiger partial charge in [0, 0.05) is 25.2 Å². The van der Waals surface area contributed by atoms with Crippen molar-refractivity contribution in [2.24, 2.45) is 0 Å². The van der Waals surface area contributed by atoms with Crippen LogP contribution in [-0.4, -0.2) is 5.78 Å². The number of rotatable bonds is 0. The molecule has 0 aliphatic heterocycles. The summed E-state index contributed by atoms with van der Waals surface area (Å²) in [5, 5.41) is 18.1. The van der Waals surface area contributed by atoms with Crippen LogP contribution in [0.25, 0.3) is 5.57 Å². The summed E-state index contributed by atoms with van der Waals surface area (Å²) in [5.74, 6) is -0.0894. The van der Waals surface area contributed by atoms with Crippen molar-refractivity contribution in [1.29, 1.82) is 10.5 Å². The van der Waals surface area contributed by atoms with Crippen LogP contribution in [0.4, 0.5) is 0 Å². The Hall–Kier alpha value is -0.710. The number of carbonyl (C=O) groups is 1. The van der Waals surface area contributed by atoms with E-state index in [2.05, 4.69) is 22.6 Å². The molecule has 0 atom stereocenters. The van der Waals surface area contributed by atoms with Gasteiger partial charge in [0.25, 0.3) is 0 Å². The lowest BCUT2D eigenvalue weighted by atomic mass is 10.0. The molecule has 1 heterocycles. The van der Waals surface area contributed by atoms with Crippen molar-refractivity contribution < 1.29 is 4.79 Å². The normalized spacial score (nSPS) is 15.5. The molecule has 0 radical (unpaired) electrons. The number of nitriles is 2. The van der Waals surface area contributed by atoms with Gasteiger partial charge in [-0.05, 0) is 33.6 Å². The molecular formula is C12H4I2N2OS. The fourth-order valence-corrected chi connectivity index (χ4v) is 4.43. The standard InChI is InChI=1S/C12H4I2N2OS/c1-5-10(14)9-8(6(3-15)4-16)7(2-13)11(17)12(9)18-5/h2H,1H3/b7-2-. The van der Waals surface area contributed by atoms with E-state index in [1.54, 1.807) is 4.08 Å². The molecule has 0 unspecified atom stereocenters. The van der Waals surface area contributed by atoms with Gasteiger partial charge in [0.05, 0.1) is 4.88 Å². The minimum absolute atomic E-state index is 0.000678. The number of hydrogen-bond donors (Lipinski definition) is 0. The van der Waals surface area contributed by atoms with Gasteiger partial charge in [-0.3, -0.25) is 4.79 Å². The van der Waals surface area contributed by atoms with Crippen LogP contribution in [0.3, 0.4) is 0 Å². The Morgan fingerprint density at radius 3 is 2.50 bits per heavy atom. The van der Waals surface area contributed by atoms with Gasteiger partial charge in [-0.25, -0.2) is 0 Å². The number of aryl methyl sites for hydroxylation is 1. The number of hydrogen-bond acceptors (Lipinski definition) is 4. The average molecular weight is 478 g/mol. The Kier molecular flexibility index (Phi) is 3.90. The van der Waals surface area contributed by atoms with E-state index in [-0.39, 0.29) is 11.4 Å². The van der Waals surface area contributed by atoms with Gasteiger partial charge in [0.2, 0.25) is 5.78 Å². The maximum absolute atomic E-state index is 12.2. The van der Waals surface area contributed by atoms with E-state index >= 15 is 0 Å². The molecule has 0 N–H and O–H groups in total. The van der Waals surface area contributed by atoms with E-state index in [1.165, 1.54) is 11.3 Å². The fraction of sp³-hybridized carbons (Fsp3) is 0.0833. The molecule has 6 heteroatoms. The van der Waals surface area contributed by atoms with Crippen molar-refractivity contribution in [1.82, 2.24) is 0 Å². The van der Waals surface area contributed by atoms with Crippen LogP contribution in [0.1, 0.15) is 20.1 Å². The van der Waals surface area contributed by atoms with E-state index < -0.39 is 0 Å². The van der Waals surface area contributed by atoms with Gasteiger partial charge in [0.15, 0.2) is 0 Å². The van der Waals surface area contributed by atoms with Gasteiger partial charge < -0.3 is 0 Å². The summed E-state index contributed by atoms with van der Waals surface area (Å²) >= 11 is 5.55. The molecule has 18 heavy (non-hydrogen) atoms. The third-order valence-corrected chi connectivity index (χ3v) is 6.00. The second-order valence-electron chi connectivity index (χ2n) is 3.50. The zero-order valence-corrected chi connectivity index (χ0v) is 14.2. The molecule has 0 bridgehead atoms. The minimum Gasteiger partial charge on any atom is -0.288 e. The third kappa shape index (κ3) is 1.83. The summed E-state index contributed by atoms with van der Waals surface area (Å²) in [6.07, 6.45) is 0. The number of carbonyl (C=O) groups excluding carboxylic acids is 1. The number of fused-ring (bicyclic) bond motifs is 1. The number of ketones is 1. The zero-order chi connectivity index (χ0) is 13.4. The Labute approximate surface area is 135 Å². The molecule has 0 aromatic carbocycles. The predicted molar refractivity (Wildman–Crippen MR) is 86.4 cm³/mol. The Balaban J connectivity index is 2.92. The summed E-state index contributed by atoms with van der Waals surface area (Å²) in [4.78, 5) is 13.9. The molecule has 88 valence electrons. The van der Waals surface area contributed by atoms with Crippen molar-refractivity contribution in [2.75, 3.05) is 0 Å². The largest absolute Gasteiger partial charge is 0.288 e. The van der Waals surface area contributed by atoms with Crippen LogP contribution in [-0.2, 0) is 0 Å². The Morgan fingerprint density at radius 2 is 2.00 bits per heavy atom. The van der Waals surface area contributed by atoms with E-state index in [0.717, 1.165) is 14.0 Å². The first-order valence-electron chi connectivity index (χ1n) is 4.76. The van der Waals surface area contributed by atoms with E-state index in [9.17, 15) is 4.79 Å². The molecule has 1 aromatic rings. The quantitative estimate of drug-likeness (QED) is 0.322. The maximum atomic E-state index is 12.2. The van der Waals surface area contributed by atoms with Gasteiger partial charge in [-0.2, -0.15) is 10.5 Å². The number of Topliss-reactive ketones (excluding diaryl/α,β-unsaturated/α-hetero) is 1. The zero-order valence-electron chi connectivity index (χ0n) is 9.04. The summed E-state index contributed by atoms with van der Waals surface area (Å²) in [7, 11) is 0. The molecule has 1 aliphatic rings. The molecule has 2 rings (SSSR count). The van der Waals surface area contributed by atoms with E-state index in [4.69, 9.17) is 10.5 Å². The van der Waals surface area contributed by atoms with Gasteiger partial charge >= 0.3 is 0 Å². The van der Waals surface area contributed by atoms with Crippen LogP contribution >= 0.6 is 56.5 Å². The molecule has 0 fully saturated rings. The molecular weight excluding hydrogens is 474 g/mol. The lowest BCUT2D eigenvalue weighted by molar-refractivity contribution is 0.104. The first-order chi connectivity index (χ1) is 8.56. The number of allylic oxidation sites excluding steroid dienone is 3. The van der Waals surface area contributed by atoms with Crippen molar-refractivity contribution in [3.05, 3.63) is 34.1 Å². The highest BCUT2D eigenvalue weighted by atomic mass is 127. The average Bonchev–Trinajstić information content (AvgIpc) is 2.79. The van der Waals surface area contributed by atoms with Crippen LogP contribution in [0, 0.1) is 33.2 Å². The summed E-state index contributed by atoms with van der Waals surface area (Å²) < 4.78 is 2.59. The second kappa shape index (κ2) is 5.11. The summed E-state index contributed by atoms with van der Waals surface area (Å²) in [6, 6.07) is 3.76. The first kappa shape index (κ1) is 13.7. The number of halogens is 2. The van der Waals surface area contributed by atoms with Crippen molar-refractivity contribution in [3.63, 3.8) is 0 Å². The van der Waals surface area contributed by atoms with Gasteiger partial charge in [-0.15, -0.1) is 11.3 Å². The third-order valence-electron chi connectivity index (χ3n) is 2.56. The monoisotopic (exact) mass is 478 g/mol. The highest BCUT2D eigenvalue weighted by Gasteiger charge is 2.36. The summed E-state index contributed by atoms with van der Waals surface area (Å²) in [5.41, 5.74) is 1.70. The van der Waals surface area contributed by atoms with Crippen molar-refractivity contribution in [3.8, 4) is 12.1 Å². The molecule has 0 amide bonds. The Bertz CT molecular complexity index is 698. The van der Waals surface area contributed by atoms with Crippen LogP contribution < -0.4 is 0 Å². The van der Waals surface area contributed by atoms with Gasteiger partial charge in [0.1, 0.15) is 17.7 Å². The lowest BCUT2D eigenvalue weighted by Gasteiger charge is -2.01. The van der Waals surface area contributed by atoms with Crippen LogP contribution in [0.15, 0.2) is 15.2 Å². The molecule has 0 saturated heterocycles. The van der Waals surface area contributed by atoms with Crippen LogP contribution in [0.2, 0.25) is 0 Å². The SMILES string of the molecule is Cc1sc2c(c1I)C(=C(C#N)C#N)/C(=C/I)C2=O. The maximum Gasteiger partial charge on any atom is 0.204 e. The minimum atomic E-state index is -0.0894. The van der Waals surface area contributed by atoms with Crippen molar-refractivity contribution in [2.45, 2.75) is 6.92 Å². The predicted octanol–water partition coefficient (Wildman–Crippen LogP) is 3.98. The van der Waals surface area contributed by atoms with Crippen molar-refractivity contribution >= 4 is 67.9 Å². The smallest absolute Gasteiger partial charge is 0.204 e.